The van der Waals surface area contributed by atoms with Gasteiger partial charge in [-0.3, -0.25) is 9.59 Å². The lowest BCUT2D eigenvalue weighted by Gasteiger charge is -2.09. The number of carboxylic acids is 1. The van der Waals surface area contributed by atoms with Crippen molar-refractivity contribution in [2.45, 2.75) is 13.0 Å². The first-order chi connectivity index (χ1) is 7.00. The van der Waals surface area contributed by atoms with Crippen LogP contribution < -0.4 is 11.1 Å². The highest BCUT2D eigenvalue weighted by Crippen LogP contribution is 2.06. The van der Waals surface area contributed by atoms with Gasteiger partial charge in [0.15, 0.2) is 0 Å². The molecule has 0 aliphatic heterocycles. The molecule has 5 heteroatoms. The van der Waals surface area contributed by atoms with Crippen LogP contribution in [0.1, 0.15) is 17.3 Å². The highest BCUT2D eigenvalue weighted by molar-refractivity contribution is 5.97. The highest BCUT2D eigenvalue weighted by Gasteiger charge is 2.14. The van der Waals surface area contributed by atoms with Crippen molar-refractivity contribution in [3.63, 3.8) is 0 Å². The fraction of sp³-hybridized carbons (Fsp3) is 0.200. The molecule has 0 radical (unpaired) electrons. The molecule has 0 aromatic heterocycles. The molecule has 0 heterocycles. The molecular weight excluding hydrogens is 196 g/mol. The molecule has 1 aromatic rings. The maximum atomic E-state index is 11.5. The summed E-state index contributed by atoms with van der Waals surface area (Å²) in [6.07, 6.45) is 0. The van der Waals surface area contributed by atoms with Gasteiger partial charge in [0.2, 0.25) is 0 Å². The Morgan fingerprint density at radius 2 is 2.13 bits per heavy atom. The normalized spacial score (nSPS) is 11.8. The van der Waals surface area contributed by atoms with Crippen LogP contribution in [0.25, 0.3) is 0 Å². The second-order valence-electron chi connectivity index (χ2n) is 3.16. The quantitative estimate of drug-likeness (QED) is 0.629. The van der Waals surface area contributed by atoms with E-state index in [4.69, 9.17) is 10.8 Å². The average Bonchev–Trinajstić information content (AvgIpc) is 2.17. The van der Waals surface area contributed by atoms with Gasteiger partial charge in [0.1, 0.15) is 6.04 Å². The summed E-state index contributed by atoms with van der Waals surface area (Å²) in [5.41, 5.74) is 6.30. The third-order valence-electron chi connectivity index (χ3n) is 1.87. The van der Waals surface area contributed by atoms with E-state index in [1.165, 1.54) is 13.0 Å². The number of hydrogen-bond acceptors (Lipinski definition) is 3. The van der Waals surface area contributed by atoms with E-state index in [2.05, 4.69) is 5.32 Å². The van der Waals surface area contributed by atoms with Crippen LogP contribution in [0.15, 0.2) is 24.3 Å². The van der Waals surface area contributed by atoms with E-state index in [9.17, 15) is 9.59 Å². The van der Waals surface area contributed by atoms with Gasteiger partial charge >= 0.3 is 5.97 Å². The predicted molar refractivity (Wildman–Crippen MR) is 55.4 cm³/mol. The Morgan fingerprint density at radius 3 is 2.67 bits per heavy atom. The molecule has 4 N–H and O–H groups in total. The average molecular weight is 208 g/mol. The second-order valence-corrected chi connectivity index (χ2v) is 3.16. The summed E-state index contributed by atoms with van der Waals surface area (Å²) in [6, 6.07) is 5.43. The monoisotopic (exact) mass is 208 g/mol. The molecule has 0 saturated carbocycles. The number of rotatable bonds is 3. The number of carboxylic acid groups (broad SMARTS) is 1. The zero-order valence-electron chi connectivity index (χ0n) is 8.23. The minimum absolute atomic E-state index is 0.350. The van der Waals surface area contributed by atoms with Crippen molar-refractivity contribution >= 4 is 17.6 Å². The van der Waals surface area contributed by atoms with Gasteiger partial charge in [0.25, 0.3) is 5.91 Å². The Bertz CT molecular complexity index is 390. The number of benzene rings is 1. The van der Waals surface area contributed by atoms with Crippen molar-refractivity contribution < 1.29 is 14.7 Å². The van der Waals surface area contributed by atoms with Gasteiger partial charge < -0.3 is 16.2 Å². The largest absolute Gasteiger partial charge is 0.480 e. The number of amides is 1. The predicted octanol–water partition coefficient (Wildman–Crippen LogP) is 0.472. The van der Waals surface area contributed by atoms with E-state index >= 15 is 0 Å². The zero-order chi connectivity index (χ0) is 11.4. The topological polar surface area (TPSA) is 92.4 Å². The van der Waals surface area contributed by atoms with Crippen molar-refractivity contribution in [1.82, 2.24) is 5.32 Å². The number of nitrogens with one attached hydrogen (secondary N) is 1. The number of nitrogens with two attached hydrogens (primary N) is 1. The summed E-state index contributed by atoms with van der Waals surface area (Å²) < 4.78 is 0. The van der Waals surface area contributed by atoms with Crippen LogP contribution >= 0.6 is 0 Å². The smallest absolute Gasteiger partial charge is 0.325 e. The van der Waals surface area contributed by atoms with Crippen LogP contribution in [0.5, 0.6) is 0 Å². The van der Waals surface area contributed by atoms with E-state index in [1.807, 2.05) is 0 Å². The van der Waals surface area contributed by atoms with Gasteiger partial charge in [0, 0.05) is 11.3 Å². The lowest BCUT2D eigenvalue weighted by Crippen LogP contribution is -2.38. The molecule has 0 aliphatic carbocycles. The minimum atomic E-state index is -1.08. The van der Waals surface area contributed by atoms with Gasteiger partial charge in [-0.15, -0.1) is 0 Å². The Kier molecular flexibility index (Phi) is 3.28. The van der Waals surface area contributed by atoms with Crippen LogP contribution in [0.4, 0.5) is 5.69 Å². The van der Waals surface area contributed by atoms with Crippen LogP contribution in [-0.4, -0.2) is 23.0 Å². The molecule has 0 saturated heterocycles. The molecular formula is C10H12N2O3. The number of nitrogen functional groups attached to an aromatic ring is 1. The molecule has 15 heavy (non-hydrogen) atoms. The van der Waals surface area contributed by atoms with Crippen LogP contribution in [-0.2, 0) is 4.79 Å². The minimum Gasteiger partial charge on any atom is -0.480 e. The Hall–Kier alpha value is -2.04. The summed E-state index contributed by atoms with van der Waals surface area (Å²) in [5.74, 6) is -1.52. The van der Waals surface area contributed by atoms with Crippen LogP contribution in [0.3, 0.4) is 0 Å². The molecule has 80 valence electrons. The highest BCUT2D eigenvalue weighted by atomic mass is 16.4. The standard InChI is InChI=1S/C10H12N2O3/c1-6(10(14)15)12-9(13)7-3-2-4-8(11)5-7/h2-6H,11H2,1H3,(H,12,13)(H,14,15)/t6-/m0/s1. The molecule has 1 rings (SSSR count). The maximum absolute atomic E-state index is 11.5. The summed E-state index contributed by atoms with van der Waals surface area (Å²) >= 11 is 0. The number of carbonyl (C=O) groups excluding carboxylic acids is 1. The first-order valence-corrected chi connectivity index (χ1v) is 4.40. The number of anilines is 1. The summed E-state index contributed by atoms with van der Waals surface area (Å²) in [6.45, 7) is 1.40. The van der Waals surface area contributed by atoms with E-state index in [-0.39, 0.29) is 0 Å². The van der Waals surface area contributed by atoms with Gasteiger partial charge in [0.05, 0.1) is 0 Å². The first-order valence-electron chi connectivity index (χ1n) is 4.40. The zero-order valence-corrected chi connectivity index (χ0v) is 8.23. The van der Waals surface area contributed by atoms with Crippen LogP contribution in [0.2, 0.25) is 0 Å². The molecule has 0 unspecified atom stereocenters. The molecule has 0 bridgehead atoms. The third-order valence-corrected chi connectivity index (χ3v) is 1.87. The van der Waals surface area contributed by atoms with E-state index in [1.54, 1.807) is 18.2 Å². The van der Waals surface area contributed by atoms with Gasteiger partial charge in [-0.25, -0.2) is 0 Å². The fourth-order valence-corrected chi connectivity index (χ4v) is 1.02. The fourth-order valence-electron chi connectivity index (χ4n) is 1.02. The van der Waals surface area contributed by atoms with Crippen molar-refractivity contribution in [3.05, 3.63) is 29.8 Å². The van der Waals surface area contributed by atoms with E-state index in [0.29, 0.717) is 11.3 Å². The molecule has 1 amide bonds. The van der Waals surface area contributed by atoms with Crippen molar-refractivity contribution in [3.8, 4) is 0 Å². The number of hydrogen-bond donors (Lipinski definition) is 3. The number of aliphatic carboxylic acids is 1. The molecule has 0 aliphatic rings. The molecule has 1 aromatic carbocycles. The molecule has 5 nitrogen and oxygen atoms in total. The first kappa shape index (κ1) is 11.0. The maximum Gasteiger partial charge on any atom is 0.325 e. The Labute approximate surface area is 86.9 Å². The van der Waals surface area contributed by atoms with Crippen LogP contribution in [0, 0.1) is 0 Å². The lowest BCUT2D eigenvalue weighted by molar-refractivity contribution is -0.138. The summed E-state index contributed by atoms with van der Waals surface area (Å²) in [5, 5.41) is 10.9. The molecule has 0 spiro atoms. The molecule has 1 atom stereocenters. The third kappa shape index (κ3) is 2.98. The number of carbonyl (C=O) groups is 2. The SMILES string of the molecule is C[C@H](NC(=O)c1cccc(N)c1)C(=O)O. The van der Waals surface area contributed by atoms with Crippen molar-refractivity contribution in [2.75, 3.05) is 5.73 Å². The van der Waals surface area contributed by atoms with Crippen molar-refractivity contribution in [1.29, 1.82) is 0 Å². The van der Waals surface area contributed by atoms with Gasteiger partial charge in [-0.2, -0.15) is 0 Å². The van der Waals surface area contributed by atoms with E-state index < -0.39 is 17.9 Å². The molecule has 0 fully saturated rings. The summed E-state index contributed by atoms with van der Waals surface area (Å²) in [4.78, 5) is 22.0. The van der Waals surface area contributed by atoms with Gasteiger partial charge in [-0.05, 0) is 25.1 Å². The summed E-state index contributed by atoms with van der Waals surface area (Å²) in [7, 11) is 0. The van der Waals surface area contributed by atoms with Crippen molar-refractivity contribution in [2.24, 2.45) is 0 Å². The Balaban J connectivity index is 2.73. The second kappa shape index (κ2) is 4.45. The van der Waals surface area contributed by atoms with E-state index in [0.717, 1.165) is 0 Å². The Morgan fingerprint density at radius 1 is 1.47 bits per heavy atom. The lowest BCUT2D eigenvalue weighted by atomic mass is 10.2. The van der Waals surface area contributed by atoms with Gasteiger partial charge in [-0.1, -0.05) is 6.07 Å².